The summed E-state index contributed by atoms with van der Waals surface area (Å²) in [5.74, 6) is 0. The van der Waals surface area contributed by atoms with Crippen molar-refractivity contribution in [1.29, 1.82) is 5.41 Å². The molecule has 0 radical (unpaired) electrons. The molecule has 0 fully saturated rings. The molecule has 1 unspecified atom stereocenters. The number of allylic oxidation sites excluding steroid dienone is 1. The van der Waals surface area contributed by atoms with Crippen molar-refractivity contribution in [3.8, 4) is 0 Å². The van der Waals surface area contributed by atoms with Crippen molar-refractivity contribution in [2.45, 2.75) is 33.8 Å². The number of rotatable bonds is 5. The molecule has 0 aliphatic carbocycles. The van der Waals surface area contributed by atoms with Crippen LogP contribution in [0.15, 0.2) is 11.6 Å². The third-order valence-electron chi connectivity index (χ3n) is 1.42. The smallest absolute Gasteiger partial charge is 0.111 e. The van der Waals surface area contributed by atoms with E-state index in [-0.39, 0.29) is 6.10 Å². The van der Waals surface area contributed by atoms with Gasteiger partial charge in [0, 0.05) is 5.71 Å². The molecule has 0 saturated carbocycles. The number of hydrogen-bond acceptors (Lipinski definition) is 3. The second-order valence-corrected chi connectivity index (χ2v) is 2.72. The molecule has 0 bridgehead atoms. The SMILES string of the molecule is CCOOC(C)/C(C)=C/C(C)=N. The molecule has 0 aromatic rings. The summed E-state index contributed by atoms with van der Waals surface area (Å²) in [7, 11) is 0. The average molecular weight is 171 g/mol. The van der Waals surface area contributed by atoms with Crippen LogP contribution in [-0.2, 0) is 9.78 Å². The molecule has 0 aliphatic heterocycles. The summed E-state index contributed by atoms with van der Waals surface area (Å²) >= 11 is 0. The Morgan fingerprint density at radius 3 is 2.50 bits per heavy atom. The van der Waals surface area contributed by atoms with Gasteiger partial charge in [0.1, 0.15) is 6.10 Å². The van der Waals surface area contributed by atoms with Crippen molar-refractivity contribution in [2.24, 2.45) is 0 Å². The molecule has 70 valence electrons. The molecule has 0 heterocycles. The highest BCUT2D eigenvalue weighted by molar-refractivity contribution is 5.90. The highest BCUT2D eigenvalue weighted by Crippen LogP contribution is 2.05. The van der Waals surface area contributed by atoms with Gasteiger partial charge in [-0.1, -0.05) is 0 Å². The monoisotopic (exact) mass is 171 g/mol. The standard InChI is InChI=1S/C9H17NO2/c1-5-11-12-9(4)7(2)6-8(3)10/h6,9-10H,5H2,1-4H3/b7-6+,10-8?. The minimum atomic E-state index is -0.0785. The van der Waals surface area contributed by atoms with Crippen LogP contribution in [0.3, 0.4) is 0 Å². The lowest BCUT2D eigenvalue weighted by Crippen LogP contribution is -2.10. The van der Waals surface area contributed by atoms with Crippen molar-refractivity contribution in [3.63, 3.8) is 0 Å². The molecule has 1 N–H and O–H groups in total. The quantitative estimate of drug-likeness (QED) is 0.392. The van der Waals surface area contributed by atoms with E-state index in [0.29, 0.717) is 12.3 Å². The van der Waals surface area contributed by atoms with Crippen molar-refractivity contribution in [3.05, 3.63) is 11.6 Å². The van der Waals surface area contributed by atoms with E-state index in [9.17, 15) is 0 Å². The van der Waals surface area contributed by atoms with Crippen molar-refractivity contribution >= 4 is 5.71 Å². The Hall–Kier alpha value is -0.670. The van der Waals surface area contributed by atoms with Crippen LogP contribution in [0, 0.1) is 5.41 Å². The third kappa shape index (κ3) is 5.04. The van der Waals surface area contributed by atoms with Gasteiger partial charge in [-0.05, 0) is 39.3 Å². The van der Waals surface area contributed by atoms with Crippen LogP contribution >= 0.6 is 0 Å². The Morgan fingerprint density at radius 1 is 1.50 bits per heavy atom. The summed E-state index contributed by atoms with van der Waals surface area (Å²) in [6.45, 7) is 7.96. The van der Waals surface area contributed by atoms with Gasteiger partial charge < -0.3 is 5.41 Å². The minimum Gasteiger partial charge on any atom is -0.306 e. The van der Waals surface area contributed by atoms with Gasteiger partial charge in [0.25, 0.3) is 0 Å². The topological polar surface area (TPSA) is 42.3 Å². The molecular formula is C9H17NO2. The fourth-order valence-corrected chi connectivity index (χ4v) is 0.705. The Labute approximate surface area is 73.8 Å². The first-order valence-corrected chi connectivity index (χ1v) is 4.09. The highest BCUT2D eigenvalue weighted by Gasteiger charge is 2.04. The Balaban J connectivity index is 3.91. The van der Waals surface area contributed by atoms with E-state index in [1.807, 2.05) is 20.8 Å². The van der Waals surface area contributed by atoms with Crippen molar-refractivity contribution < 1.29 is 9.78 Å². The fourth-order valence-electron chi connectivity index (χ4n) is 0.705. The summed E-state index contributed by atoms with van der Waals surface area (Å²) in [5, 5.41) is 7.22. The molecule has 0 spiro atoms. The van der Waals surface area contributed by atoms with Gasteiger partial charge in [0.05, 0.1) is 6.61 Å². The van der Waals surface area contributed by atoms with Gasteiger partial charge >= 0.3 is 0 Å². The summed E-state index contributed by atoms with van der Waals surface area (Å²) in [5.41, 5.74) is 1.52. The second-order valence-electron chi connectivity index (χ2n) is 2.72. The third-order valence-corrected chi connectivity index (χ3v) is 1.42. The Kier molecular flexibility index (Phi) is 5.58. The zero-order valence-electron chi connectivity index (χ0n) is 8.18. The predicted molar refractivity (Wildman–Crippen MR) is 49.3 cm³/mol. The summed E-state index contributed by atoms with van der Waals surface area (Å²) < 4.78 is 0. The maximum Gasteiger partial charge on any atom is 0.111 e. The van der Waals surface area contributed by atoms with E-state index in [0.717, 1.165) is 5.57 Å². The predicted octanol–water partition coefficient (Wildman–Crippen LogP) is 2.33. The van der Waals surface area contributed by atoms with Crippen LogP contribution < -0.4 is 0 Å². The molecule has 0 rings (SSSR count). The summed E-state index contributed by atoms with van der Waals surface area (Å²) in [4.78, 5) is 9.78. The largest absolute Gasteiger partial charge is 0.306 e. The van der Waals surface area contributed by atoms with Crippen LogP contribution in [0.5, 0.6) is 0 Å². The number of hydrogen-bond donors (Lipinski definition) is 1. The zero-order valence-corrected chi connectivity index (χ0v) is 8.18. The van der Waals surface area contributed by atoms with Gasteiger partial charge in [-0.25, -0.2) is 9.78 Å². The summed E-state index contributed by atoms with van der Waals surface area (Å²) in [6.07, 6.45) is 1.69. The van der Waals surface area contributed by atoms with Crippen LogP contribution in [-0.4, -0.2) is 18.4 Å². The zero-order chi connectivity index (χ0) is 9.56. The lowest BCUT2D eigenvalue weighted by Gasteiger charge is -2.11. The first-order chi connectivity index (χ1) is 5.57. The highest BCUT2D eigenvalue weighted by atomic mass is 17.2. The molecule has 1 atom stereocenters. The molecule has 3 nitrogen and oxygen atoms in total. The minimum absolute atomic E-state index is 0.0785. The van der Waals surface area contributed by atoms with Gasteiger partial charge in [0.15, 0.2) is 0 Å². The van der Waals surface area contributed by atoms with Crippen molar-refractivity contribution in [2.75, 3.05) is 6.61 Å². The van der Waals surface area contributed by atoms with E-state index >= 15 is 0 Å². The first kappa shape index (κ1) is 11.3. The number of nitrogens with one attached hydrogen (secondary N) is 1. The lowest BCUT2D eigenvalue weighted by atomic mass is 10.1. The molecule has 0 aromatic carbocycles. The Morgan fingerprint density at radius 2 is 2.08 bits per heavy atom. The molecule has 0 aromatic heterocycles. The normalized spacial score (nSPS) is 14.5. The summed E-state index contributed by atoms with van der Waals surface area (Å²) in [6, 6.07) is 0. The average Bonchev–Trinajstić information content (AvgIpc) is 1.98. The molecule has 0 saturated heterocycles. The fraction of sp³-hybridized carbons (Fsp3) is 0.667. The maximum absolute atomic E-state index is 7.22. The van der Waals surface area contributed by atoms with Crippen LogP contribution in [0.4, 0.5) is 0 Å². The lowest BCUT2D eigenvalue weighted by molar-refractivity contribution is -0.309. The van der Waals surface area contributed by atoms with Gasteiger partial charge in [0.2, 0.25) is 0 Å². The molecule has 3 heteroatoms. The first-order valence-electron chi connectivity index (χ1n) is 4.09. The molecule has 0 aliphatic rings. The Bertz CT molecular complexity index is 175. The molecule has 0 amide bonds. The van der Waals surface area contributed by atoms with E-state index < -0.39 is 0 Å². The molecular weight excluding hydrogens is 154 g/mol. The van der Waals surface area contributed by atoms with E-state index in [1.165, 1.54) is 0 Å². The van der Waals surface area contributed by atoms with E-state index in [1.54, 1.807) is 13.0 Å². The van der Waals surface area contributed by atoms with Gasteiger partial charge in [-0.3, -0.25) is 0 Å². The van der Waals surface area contributed by atoms with Gasteiger partial charge in [-0.15, -0.1) is 0 Å². The maximum atomic E-state index is 7.22. The second kappa shape index (κ2) is 5.91. The van der Waals surface area contributed by atoms with Crippen LogP contribution in [0.2, 0.25) is 0 Å². The van der Waals surface area contributed by atoms with Gasteiger partial charge in [-0.2, -0.15) is 0 Å². The van der Waals surface area contributed by atoms with Crippen molar-refractivity contribution in [1.82, 2.24) is 0 Å². The molecule has 12 heavy (non-hydrogen) atoms. The van der Waals surface area contributed by atoms with E-state index in [2.05, 4.69) is 0 Å². The van der Waals surface area contributed by atoms with Crippen LogP contribution in [0.1, 0.15) is 27.7 Å². The van der Waals surface area contributed by atoms with E-state index in [4.69, 9.17) is 15.2 Å². The van der Waals surface area contributed by atoms with Crippen LogP contribution in [0.25, 0.3) is 0 Å².